The summed E-state index contributed by atoms with van der Waals surface area (Å²) in [6.07, 6.45) is 0. The summed E-state index contributed by atoms with van der Waals surface area (Å²) in [7, 11) is 0. The van der Waals surface area contributed by atoms with Gasteiger partial charge in [0.2, 0.25) is 0 Å². The number of nitrogens with one attached hydrogen (secondary N) is 1. The molecule has 0 bridgehead atoms. The van der Waals surface area contributed by atoms with Crippen LogP contribution >= 0.6 is 22.9 Å². The summed E-state index contributed by atoms with van der Waals surface area (Å²) in [5.41, 5.74) is 2.53. The maximum absolute atomic E-state index is 13.3. The lowest BCUT2D eigenvalue weighted by Crippen LogP contribution is -2.21. The van der Waals surface area contributed by atoms with Gasteiger partial charge >= 0.3 is 5.97 Å². The van der Waals surface area contributed by atoms with Gasteiger partial charge in [-0.2, -0.15) is 0 Å². The maximum Gasteiger partial charge on any atom is 0.350 e. The second-order valence-corrected chi connectivity index (χ2v) is 7.21. The van der Waals surface area contributed by atoms with E-state index in [4.69, 9.17) is 16.3 Å². The van der Waals surface area contributed by atoms with Crippen LogP contribution in [0.2, 0.25) is 5.02 Å². The highest BCUT2D eigenvalue weighted by Crippen LogP contribution is 2.36. The maximum atomic E-state index is 13.3. The van der Waals surface area contributed by atoms with Gasteiger partial charge in [-0.05, 0) is 43.2 Å². The number of carbonyl (C=O) groups excluding carboxylic acids is 2. The van der Waals surface area contributed by atoms with Crippen molar-refractivity contribution in [3.63, 3.8) is 0 Å². The Morgan fingerprint density at radius 1 is 1.19 bits per heavy atom. The van der Waals surface area contributed by atoms with E-state index in [0.717, 1.165) is 22.5 Å². The van der Waals surface area contributed by atoms with Crippen molar-refractivity contribution in [1.29, 1.82) is 0 Å². The van der Waals surface area contributed by atoms with E-state index >= 15 is 0 Å². The summed E-state index contributed by atoms with van der Waals surface area (Å²) >= 11 is 7.21. The molecular weight excluding hydrogens is 377 g/mol. The molecule has 0 atom stereocenters. The largest absolute Gasteiger partial charge is 0.451 e. The van der Waals surface area contributed by atoms with Gasteiger partial charge in [-0.25, -0.2) is 9.18 Å². The number of ether oxygens (including phenoxy) is 1. The summed E-state index contributed by atoms with van der Waals surface area (Å²) in [5, 5.41) is 3.51. The van der Waals surface area contributed by atoms with E-state index in [1.165, 1.54) is 18.2 Å². The van der Waals surface area contributed by atoms with Gasteiger partial charge in [0, 0.05) is 15.8 Å². The number of rotatable bonds is 4. The highest BCUT2D eigenvalue weighted by atomic mass is 35.5. The molecule has 0 radical (unpaired) electrons. The van der Waals surface area contributed by atoms with E-state index in [9.17, 15) is 14.0 Å². The topological polar surface area (TPSA) is 55.4 Å². The van der Waals surface area contributed by atoms with E-state index in [0.29, 0.717) is 15.8 Å². The van der Waals surface area contributed by atoms with Crippen molar-refractivity contribution in [2.45, 2.75) is 13.8 Å². The zero-order chi connectivity index (χ0) is 18.8. The predicted molar refractivity (Wildman–Crippen MR) is 102 cm³/mol. The fourth-order valence-corrected chi connectivity index (χ4v) is 3.98. The lowest BCUT2D eigenvalue weighted by molar-refractivity contribution is -0.119. The van der Waals surface area contributed by atoms with Crippen LogP contribution in [0, 0.1) is 19.7 Å². The lowest BCUT2D eigenvalue weighted by Gasteiger charge is -2.11. The Morgan fingerprint density at radius 2 is 1.88 bits per heavy atom. The first-order valence-electron chi connectivity index (χ1n) is 7.77. The molecule has 7 heteroatoms. The van der Waals surface area contributed by atoms with Gasteiger partial charge in [0.1, 0.15) is 10.7 Å². The SMILES string of the molecule is Cc1cccc(C)c1NC(=O)COC(=O)c1sc2cc(F)ccc2c1Cl. The molecule has 1 aromatic heterocycles. The molecule has 1 N–H and O–H groups in total. The van der Waals surface area contributed by atoms with Gasteiger partial charge in [-0.15, -0.1) is 11.3 Å². The lowest BCUT2D eigenvalue weighted by atomic mass is 10.1. The molecule has 0 aliphatic rings. The van der Waals surface area contributed by atoms with Crippen LogP contribution in [0.1, 0.15) is 20.8 Å². The molecule has 4 nitrogen and oxygen atoms in total. The zero-order valence-electron chi connectivity index (χ0n) is 14.1. The average molecular weight is 392 g/mol. The van der Waals surface area contributed by atoms with Crippen LogP contribution in [0.4, 0.5) is 10.1 Å². The molecule has 0 aliphatic heterocycles. The number of para-hydroxylation sites is 1. The number of anilines is 1. The Bertz CT molecular complexity index is 995. The molecular formula is C19H15ClFNO3S. The normalized spacial score (nSPS) is 10.8. The second kappa shape index (κ2) is 7.43. The van der Waals surface area contributed by atoms with Crippen LogP contribution in [0.15, 0.2) is 36.4 Å². The van der Waals surface area contributed by atoms with Gasteiger partial charge in [-0.3, -0.25) is 4.79 Å². The minimum Gasteiger partial charge on any atom is -0.451 e. The number of esters is 1. The van der Waals surface area contributed by atoms with Gasteiger partial charge in [0.25, 0.3) is 5.91 Å². The molecule has 2 aromatic carbocycles. The van der Waals surface area contributed by atoms with Crippen LogP contribution in [-0.4, -0.2) is 18.5 Å². The number of halogens is 2. The Hall–Kier alpha value is -2.44. The predicted octanol–water partition coefficient (Wildman–Crippen LogP) is 5.11. The first-order chi connectivity index (χ1) is 12.4. The van der Waals surface area contributed by atoms with E-state index in [2.05, 4.69) is 5.32 Å². The number of amides is 1. The summed E-state index contributed by atoms with van der Waals surface area (Å²) in [4.78, 5) is 24.5. The Morgan fingerprint density at radius 3 is 2.58 bits per heavy atom. The highest BCUT2D eigenvalue weighted by Gasteiger charge is 2.20. The van der Waals surface area contributed by atoms with E-state index in [1.807, 2.05) is 32.0 Å². The first-order valence-corrected chi connectivity index (χ1v) is 8.97. The number of hydrogen-bond donors (Lipinski definition) is 1. The monoisotopic (exact) mass is 391 g/mol. The van der Waals surface area contributed by atoms with E-state index in [1.54, 1.807) is 0 Å². The highest BCUT2D eigenvalue weighted by molar-refractivity contribution is 7.21. The van der Waals surface area contributed by atoms with Gasteiger partial charge in [0.15, 0.2) is 6.61 Å². The standard InChI is InChI=1S/C19H15ClFNO3S/c1-10-4-3-5-11(2)17(10)22-15(23)9-25-19(24)18-16(20)13-7-6-12(21)8-14(13)26-18/h3-8H,9H2,1-2H3,(H,22,23). The van der Waals surface area contributed by atoms with Crippen LogP contribution in [0.3, 0.4) is 0 Å². The first kappa shape index (κ1) is 18.4. The molecule has 0 saturated heterocycles. The fraction of sp³-hybridized carbons (Fsp3) is 0.158. The molecule has 0 unspecified atom stereocenters. The van der Waals surface area contributed by atoms with Crippen molar-refractivity contribution in [3.05, 3.63) is 63.2 Å². The van der Waals surface area contributed by atoms with Crippen LogP contribution in [0.5, 0.6) is 0 Å². The molecule has 3 rings (SSSR count). The minimum absolute atomic E-state index is 0.145. The zero-order valence-corrected chi connectivity index (χ0v) is 15.6. The molecule has 1 amide bonds. The number of aryl methyl sites for hydroxylation is 2. The third-order valence-corrected chi connectivity index (χ3v) is 5.49. The molecule has 0 fully saturated rings. The van der Waals surface area contributed by atoms with E-state index in [-0.39, 0.29) is 9.90 Å². The van der Waals surface area contributed by atoms with Crippen molar-refractivity contribution in [2.75, 3.05) is 11.9 Å². The van der Waals surface area contributed by atoms with Gasteiger partial charge in [-0.1, -0.05) is 29.8 Å². The van der Waals surface area contributed by atoms with Crippen molar-refractivity contribution >= 4 is 50.6 Å². The Balaban J connectivity index is 1.69. The summed E-state index contributed by atoms with van der Waals surface area (Å²) in [5.74, 6) is -1.57. The average Bonchev–Trinajstić information content (AvgIpc) is 2.92. The van der Waals surface area contributed by atoms with Crippen LogP contribution < -0.4 is 5.32 Å². The summed E-state index contributed by atoms with van der Waals surface area (Å²) < 4.78 is 18.9. The summed E-state index contributed by atoms with van der Waals surface area (Å²) in [6.45, 7) is 3.32. The molecule has 26 heavy (non-hydrogen) atoms. The number of benzene rings is 2. The smallest absolute Gasteiger partial charge is 0.350 e. The molecule has 0 saturated carbocycles. The number of thiophene rings is 1. The Kier molecular flexibility index (Phi) is 5.25. The van der Waals surface area contributed by atoms with Gasteiger partial charge < -0.3 is 10.1 Å². The van der Waals surface area contributed by atoms with E-state index < -0.39 is 24.3 Å². The molecule has 0 aliphatic carbocycles. The number of hydrogen-bond acceptors (Lipinski definition) is 4. The fourth-order valence-electron chi connectivity index (χ4n) is 2.55. The quantitative estimate of drug-likeness (QED) is 0.629. The molecule has 134 valence electrons. The second-order valence-electron chi connectivity index (χ2n) is 5.78. The van der Waals surface area contributed by atoms with Crippen LogP contribution in [0.25, 0.3) is 10.1 Å². The van der Waals surface area contributed by atoms with Crippen molar-refractivity contribution in [1.82, 2.24) is 0 Å². The minimum atomic E-state index is -0.715. The Labute approximate surface area is 158 Å². The van der Waals surface area contributed by atoms with Crippen molar-refractivity contribution in [3.8, 4) is 0 Å². The summed E-state index contributed by atoms with van der Waals surface area (Å²) in [6, 6.07) is 9.74. The molecule has 1 heterocycles. The third kappa shape index (κ3) is 3.71. The van der Waals surface area contributed by atoms with Crippen molar-refractivity contribution < 1.29 is 18.7 Å². The van der Waals surface area contributed by atoms with Gasteiger partial charge in [0.05, 0.1) is 5.02 Å². The molecule has 0 spiro atoms. The van der Waals surface area contributed by atoms with Crippen LogP contribution in [-0.2, 0) is 9.53 Å². The third-order valence-electron chi connectivity index (χ3n) is 3.86. The number of carbonyl (C=O) groups is 2. The molecule has 3 aromatic rings. The number of fused-ring (bicyclic) bond motifs is 1. The van der Waals surface area contributed by atoms with Crippen molar-refractivity contribution in [2.24, 2.45) is 0 Å².